The molecule has 0 spiro atoms. The third-order valence-corrected chi connectivity index (χ3v) is 0.0556. The first-order valence-electron chi connectivity index (χ1n) is 1.32. The van der Waals surface area contributed by atoms with Crippen LogP contribution in [0.3, 0.4) is 0 Å². The quantitative estimate of drug-likeness (QED) is 0.194. The van der Waals surface area contributed by atoms with E-state index in [9.17, 15) is 0 Å². The summed E-state index contributed by atoms with van der Waals surface area (Å²) in [5.41, 5.74) is 4.15. The molecule has 0 heterocycles. The van der Waals surface area contributed by atoms with Crippen LogP contribution in [0.2, 0.25) is 0 Å². The number of hydrogen-bond acceptors (Lipinski definition) is 4. The summed E-state index contributed by atoms with van der Waals surface area (Å²) in [6.07, 6.45) is 1.64. The SMILES string of the molecule is N#CN.O=CC=O. The fraction of sp³-hybridized carbons (Fsp3) is 0. The first kappa shape index (κ1) is 9.16. The van der Waals surface area contributed by atoms with Gasteiger partial charge in [-0.05, 0) is 0 Å². The number of rotatable bonds is 1. The zero-order valence-electron chi connectivity index (χ0n) is 3.50. The summed E-state index contributed by atoms with van der Waals surface area (Å²) >= 11 is 0. The molecule has 4 heteroatoms. The Morgan fingerprint density at radius 1 is 1.43 bits per heavy atom. The van der Waals surface area contributed by atoms with Crippen LogP contribution in [0.15, 0.2) is 0 Å². The molecule has 0 aliphatic heterocycles. The maximum Gasteiger partial charge on any atom is 0.182 e. The highest BCUT2D eigenvalue weighted by Crippen LogP contribution is 1.12. The highest BCUT2D eigenvalue weighted by Gasteiger charge is 1.47. The maximum absolute atomic E-state index is 8.81. The van der Waals surface area contributed by atoms with E-state index >= 15 is 0 Å². The van der Waals surface area contributed by atoms with Crippen LogP contribution in [0.1, 0.15) is 0 Å². The highest BCUT2D eigenvalue weighted by atomic mass is 16.2. The first-order chi connectivity index (χ1) is 3.33. The second-order valence-electron chi connectivity index (χ2n) is 0.401. The molecule has 4 nitrogen and oxygen atoms in total. The molecule has 0 fully saturated rings. The molecule has 0 aliphatic carbocycles. The lowest BCUT2D eigenvalue weighted by molar-refractivity contribution is -0.122. The minimum Gasteiger partial charge on any atom is -0.337 e. The Bertz CT molecular complexity index is 77.4. The van der Waals surface area contributed by atoms with Gasteiger partial charge in [-0.15, -0.1) is 0 Å². The van der Waals surface area contributed by atoms with Crippen molar-refractivity contribution < 1.29 is 9.59 Å². The molecule has 0 bridgehead atoms. The van der Waals surface area contributed by atoms with Crippen molar-refractivity contribution in [2.75, 3.05) is 0 Å². The van der Waals surface area contributed by atoms with Gasteiger partial charge in [-0.1, -0.05) is 0 Å². The number of nitrogens with zero attached hydrogens (tertiary/aromatic N) is 1. The molecule has 0 aromatic heterocycles. The molecular formula is C3H4N2O2. The monoisotopic (exact) mass is 100 g/mol. The molecule has 0 aromatic carbocycles. The Balaban J connectivity index is 0. The van der Waals surface area contributed by atoms with Crippen LogP contribution in [0.25, 0.3) is 0 Å². The lowest BCUT2D eigenvalue weighted by atomic mass is 10.9. The van der Waals surface area contributed by atoms with Crippen molar-refractivity contribution in [3.63, 3.8) is 0 Å². The van der Waals surface area contributed by atoms with Crippen LogP contribution >= 0.6 is 0 Å². The van der Waals surface area contributed by atoms with Crippen LogP contribution in [0.4, 0.5) is 0 Å². The molecule has 0 rings (SSSR count). The fourth-order valence-corrected chi connectivity index (χ4v) is 0. The van der Waals surface area contributed by atoms with Gasteiger partial charge in [0, 0.05) is 0 Å². The van der Waals surface area contributed by atoms with E-state index in [1.807, 2.05) is 0 Å². The Labute approximate surface area is 40.5 Å². The predicted octanol–water partition coefficient (Wildman–Crippen LogP) is -1.19. The van der Waals surface area contributed by atoms with Gasteiger partial charge in [-0.25, -0.2) is 0 Å². The van der Waals surface area contributed by atoms with Gasteiger partial charge in [0.25, 0.3) is 0 Å². The zero-order valence-corrected chi connectivity index (χ0v) is 3.50. The summed E-state index contributed by atoms with van der Waals surface area (Å²) in [5.74, 6) is 0. The highest BCUT2D eigenvalue weighted by molar-refractivity contribution is 6.09. The summed E-state index contributed by atoms with van der Waals surface area (Å²) in [5, 5.41) is 7.10. The van der Waals surface area contributed by atoms with Crippen LogP contribution in [-0.2, 0) is 9.59 Å². The number of carbonyl (C=O) groups excluding carboxylic acids is 2. The van der Waals surface area contributed by atoms with Crippen molar-refractivity contribution in [2.45, 2.75) is 0 Å². The molecule has 38 valence electrons. The third kappa shape index (κ3) is 234. The normalized spacial score (nSPS) is 3.86. The Morgan fingerprint density at radius 3 is 1.57 bits per heavy atom. The topological polar surface area (TPSA) is 83.9 Å². The molecule has 0 amide bonds. The van der Waals surface area contributed by atoms with E-state index in [4.69, 9.17) is 14.9 Å². The molecule has 0 aromatic rings. The number of carbonyl (C=O) groups is 2. The fourth-order valence-electron chi connectivity index (χ4n) is 0. The van der Waals surface area contributed by atoms with Crippen LogP contribution < -0.4 is 5.73 Å². The number of nitrogens with two attached hydrogens (primary N) is 1. The second kappa shape index (κ2) is 23.0. The Hall–Kier alpha value is -1.37. The molecule has 0 saturated heterocycles. The lowest BCUT2D eigenvalue weighted by Crippen LogP contribution is -1.69. The van der Waals surface area contributed by atoms with Gasteiger partial charge >= 0.3 is 0 Å². The van der Waals surface area contributed by atoms with E-state index < -0.39 is 0 Å². The van der Waals surface area contributed by atoms with E-state index in [2.05, 4.69) is 5.73 Å². The van der Waals surface area contributed by atoms with Crippen molar-refractivity contribution >= 4 is 12.6 Å². The summed E-state index contributed by atoms with van der Waals surface area (Å²) < 4.78 is 0. The lowest BCUT2D eigenvalue weighted by Gasteiger charge is -1.31. The van der Waals surface area contributed by atoms with Gasteiger partial charge in [0.1, 0.15) is 0 Å². The van der Waals surface area contributed by atoms with Crippen LogP contribution in [-0.4, -0.2) is 12.6 Å². The van der Waals surface area contributed by atoms with E-state index in [0.717, 1.165) is 0 Å². The molecule has 2 N–H and O–H groups in total. The Kier molecular flexibility index (Phi) is 30.0. The van der Waals surface area contributed by atoms with Crippen LogP contribution in [0.5, 0.6) is 0 Å². The van der Waals surface area contributed by atoms with Crippen molar-refractivity contribution in [1.82, 2.24) is 0 Å². The minimum atomic E-state index is 0.194. The predicted molar refractivity (Wildman–Crippen MR) is 21.9 cm³/mol. The number of aldehydes is 2. The summed E-state index contributed by atoms with van der Waals surface area (Å²) in [4.78, 5) is 17.6. The average Bonchev–Trinajstić information content (AvgIpc) is 1.69. The second-order valence-corrected chi connectivity index (χ2v) is 0.401. The van der Waals surface area contributed by atoms with Crippen molar-refractivity contribution in [3.8, 4) is 6.19 Å². The number of hydrogen-bond donors (Lipinski definition) is 1. The summed E-state index contributed by atoms with van der Waals surface area (Å²) in [6.45, 7) is 0. The standard InChI is InChI=1S/C2H2O2.CH2N2/c3-1-2-4;2-1-3/h1-2H;2H2. The molecular weight excluding hydrogens is 96.0 g/mol. The van der Waals surface area contributed by atoms with Gasteiger partial charge in [0.15, 0.2) is 18.8 Å². The van der Waals surface area contributed by atoms with Crippen molar-refractivity contribution in [3.05, 3.63) is 0 Å². The van der Waals surface area contributed by atoms with Gasteiger partial charge in [0.2, 0.25) is 0 Å². The molecule has 0 atom stereocenters. The zero-order chi connectivity index (χ0) is 6.12. The van der Waals surface area contributed by atoms with E-state index in [0.29, 0.717) is 0 Å². The van der Waals surface area contributed by atoms with E-state index in [1.165, 1.54) is 6.19 Å². The summed E-state index contributed by atoms with van der Waals surface area (Å²) in [6, 6.07) is 0. The molecule has 0 saturated carbocycles. The van der Waals surface area contributed by atoms with Crippen LogP contribution in [0, 0.1) is 11.5 Å². The van der Waals surface area contributed by atoms with E-state index in [1.54, 1.807) is 0 Å². The smallest absolute Gasteiger partial charge is 0.182 e. The van der Waals surface area contributed by atoms with Gasteiger partial charge < -0.3 is 5.73 Å². The van der Waals surface area contributed by atoms with Crippen molar-refractivity contribution in [2.24, 2.45) is 5.73 Å². The largest absolute Gasteiger partial charge is 0.337 e. The minimum absolute atomic E-state index is 0.194. The van der Waals surface area contributed by atoms with E-state index in [-0.39, 0.29) is 12.6 Å². The molecule has 0 unspecified atom stereocenters. The maximum atomic E-state index is 8.81. The van der Waals surface area contributed by atoms with Gasteiger partial charge in [-0.3, -0.25) is 9.59 Å². The van der Waals surface area contributed by atoms with Crippen molar-refractivity contribution in [1.29, 1.82) is 5.26 Å². The molecule has 7 heavy (non-hydrogen) atoms. The first-order valence-corrected chi connectivity index (χ1v) is 1.32. The summed E-state index contributed by atoms with van der Waals surface area (Å²) in [7, 11) is 0. The van der Waals surface area contributed by atoms with Gasteiger partial charge in [-0.2, -0.15) is 5.26 Å². The third-order valence-electron chi connectivity index (χ3n) is 0.0556. The number of nitriles is 1. The van der Waals surface area contributed by atoms with Gasteiger partial charge in [0.05, 0.1) is 0 Å². The molecule has 0 aliphatic rings. The average molecular weight is 100 g/mol. The Morgan fingerprint density at radius 2 is 1.57 bits per heavy atom. The molecule has 0 radical (unpaired) electrons.